The molecule has 0 radical (unpaired) electrons. The molecule has 1 aromatic carbocycles. The number of rotatable bonds is 6. The van der Waals surface area contributed by atoms with Crippen molar-refractivity contribution in [2.75, 3.05) is 0 Å². The third-order valence-corrected chi connectivity index (χ3v) is 4.73. The van der Waals surface area contributed by atoms with Crippen LogP contribution in [-0.2, 0) is 20.4 Å². The zero-order chi connectivity index (χ0) is 14.6. The molecule has 0 saturated carbocycles. The predicted octanol–water partition coefficient (Wildman–Crippen LogP) is 1.37. The first-order valence-corrected chi connectivity index (χ1v) is 7.17. The van der Waals surface area contributed by atoms with Crippen molar-refractivity contribution in [1.29, 1.82) is 0 Å². The maximum atomic E-state index is 11.9. The zero-order valence-corrected chi connectivity index (χ0v) is 11.0. The molecule has 7 nitrogen and oxygen atoms in total. The van der Waals surface area contributed by atoms with Crippen LogP contribution < -0.4 is 0 Å². The largest absolute Gasteiger partial charge is 0.480 e. The number of hydrogen-bond acceptors (Lipinski definition) is 5. The molecule has 0 fully saturated rings. The second-order valence-electron chi connectivity index (χ2n) is 3.97. The summed E-state index contributed by atoms with van der Waals surface area (Å²) in [6.07, 6.45) is -0.0232. The first-order chi connectivity index (χ1) is 8.77. The lowest BCUT2D eigenvalue weighted by Crippen LogP contribution is -2.30. The van der Waals surface area contributed by atoms with Crippen LogP contribution in [0.5, 0.6) is 0 Å². The smallest absolute Gasteiger partial charge is 0.321 e. The van der Waals surface area contributed by atoms with Gasteiger partial charge in [0.1, 0.15) is 0 Å². The number of nitro groups is 1. The highest BCUT2D eigenvalue weighted by Crippen LogP contribution is 2.17. The van der Waals surface area contributed by atoms with Crippen LogP contribution in [0.1, 0.15) is 18.9 Å². The standard InChI is InChI=1S/C11H13NO6S/c1-2-10(11(13)14)19(17,18)7-8-3-5-9(6-4-8)12(15)16/h3-6,10H,2,7H2,1H3,(H,13,14). The molecule has 1 aromatic rings. The minimum absolute atomic E-state index is 0.0232. The van der Waals surface area contributed by atoms with E-state index < -0.39 is 31.7 Å². The molecule has 8 heteroatoms. The van der Waals surface area contributed by atoms with Gasteiger partial charge in [0.2, 0.25) is 0 Å². The number of non-ortho nitro benzene ring substituents is 1. The van der Waals surface area contributed by atoms with Crippen LogP contribution in [-0.4, -0.2) is 29.7 Å². The molecule has 104 valence electrons. The van der Waals surface area contributed by atoms with E-state index in [1.165, 1.54) is 31.2 Å². The highest BCUT2D eigenvalue weighted by Gasteiger charge is 2.30. The van der Waals surface area contributed by atoms with E-state index in [1.807, 2.05) is 0 Å². The molecule has 0 spiro atoms. The van der Waals surface area contributed by atoms with Crippen LogP contribution in [0.2, 0.25) is 0 Å². The van der Waals surface area contributed by atoms with Crippen LogP contribution in [0.25, 0.3) is 0 Å². The Balaban J connectivity index is 2.95. The Morgan fingerprint density at radius 1 is 1.37 bits per heavy atom. The monoisotopic (exact) mass is 287 g/mol. The fourth-order valence-corrected chi connectivity index (χ4v) is 3.30. The van der Waals surface area contributed by atoms with Crippen molar-refractivity contribution in [3.8, 4) is 0 Å². The number of benzene rings is 1. The molecule has 1 unspecified atom stereocenters. The summed E-state index contributed by atoms with van der Waals surface area (Å²) in [4.78, 5) is 20.7. The lowest BCUT2D eigenvalue weighted by molar-refractivity contribution is -0.384. The number of carbonyl (C=O) groups is 1. The summed E-state index contributed by atoms with van der Waals surface area (Å²) in [7, 11) is -3.83. The van der Waals surface area contributed by atoms with Crippen LogP contribution in [0.3, 0.4) is 0 Å². The first-order valence-electron chi connectivity index (χ1n) is 5.45. The van der Waals surface area contributed by atoms with Gasteiger partial charge in [-0.2, -0.15) is 0 Å². The highest BCUT2D eigenvalue weighted by atomic mass is 32.2. The average molecular weight is 287 g/mol. The minimum atomic E-state index is -3.83. The summed E-state index contributed by atoms with van der Waals surface area (Å²) < 4.78 is 23.8. The van der Waals surface area contributed by atoms with E-state index in [-0.39, 0.29) is 12.1 Å². The molecule has 0 saturated heterocycles. The van der Waals surface area contributed by atoms with Gasteiger partial charge in [0.25, 0.3) is 5.69 Å². The fraction of sp³-hybridized carbons (Fsp3) is 0.364. The quantitative estimate of drug-likeness (QED) is 0.624. The number of carboxylic acid groups (broad SMARTS) is 1. The van der Waals surface area contributed by atoms with Crippen molar-refractivity contribution in [3.63, 3.8) is 0 Å². The van der Waals surface area contributed by atoms with Gasteiger partial charge in [-0.25, -0.2) is 8.42 Å². The molecule has 1 rings (SSSR count). The Hall–Kier alpha value is -1.96. The Morgan fingerprint density at radius 3 is 2.26 bits per heavy atom. The molecule has 1 atom stereocenters. The maximum Gasteiger partial charge on any atom is 0.321 e. The van der Waals surface area contributed by atoms with Crippen LogP contribution >= 0.6 is 0 Å². The van der Waals surface area contributed by atoms with Crippen LogP contribution in [0, 0.1) is 10.1 Å². The summed E-state index contributed by atoms with van der Waals surface area (Å²) in [5.74, 6) is -1.83. The molecule has 0 bridgehead atoms. The zero-order valence-electron chi connectivity index (χ0n) is 10.1. The summed E-state index contributed by atoms with van der Waals surface area (Å²) in [5.41, 5.74) is 0.178. The Bertz CT molecular complexity index is 578. The van der Waals surface area contributed by atoms with Gasteiger partial charge >= 0.3 is 5.97 Å². The van der Waals surface area contributed by atoms with Crippen molar-refractivity contribution >= 4 is 21.5 Å². The van der Waals surface area contributed by atoms with Gasteiger partial charge in [0.05, 0.1) is 10.7 Å². The molecule has 0 aliphatic rings. The maximum absolute atomic E-state index is 11.9. The summed E-state index contributed by atoms with van der Waals surface area (Å²) in [5, 5.41) is 17.8. The summed E-state index contributed by atoms with van der Waals surface area (Å²) in [6.45, 7) is 1.48. The van der Waals surface area contributed by atoms with Gasteiger partial charge in [0.15, 0.2) is 15.1 Å². The second kappa shape index (κ2) is 5.79. The molecule has 1 N–H and O–H groups in total. The molecule has 0 aromatic heterocycles. The fourth-order valence-electron chi connectivity index (χ4n) is 1.63. The van der Waals surface area contributed by atoms with E-state index in [4.69, 9.17) is 5.11 Å². The third-order valence-electron chi connectivity index (χ3n) is 2.59. The van der Waals surface area contributed by atoms with E-state index in [2.05, 4.69) is 0 Å². The van der Waals surface area contributed by atoms with E-state index in [0.717, 1.165) is 0 Å². The number of nitrogens with zero attached hydrogens (tertiary/aromatic N) is 1. The first kappa shape index (κ1) is 15.1. The second-order valence-corrected chi connectivity index (χ2v) is 6.15. The Kier molecular flexibility index (Phi) is 4.60. The van der Waals surface area contributed by atoms with Gasteiger partial charge in [-0.3, -0.25) is 14.9 Å². The SMILES string of the molecule is CCC(C(=O)O)S(=O)(=O)Cc1ccc([N+](=O)[O-])cc1. The minimum Gasteiger partial charge on any atom is -0.480 e. The van der Waals surface area contributed by atoms with E-state index in [1.54, 1.807) is 0 Å². The average Bonchev–Trinajstić information content (AvgIpc) is 2.28. The van der Waals surface area contributed by atoms with Crippen molar-refractivity contribution in [1.82, 2.24) is 0 Å². The van der Waals surface area contributed by atoms with Crippen molar-refractivity contribution in [2.45, 2.75) is 24.3 Å². The van der Waals surface area contributed by atoms with Gasteiger partial charge in [-0.1, -0.05) is 19.1 Å². The molecular weight excluding hydrogens is 274 g/mol. The lowest BCUT2D eigenvalue weighted by Gasteiger charge is -2.11. The summed E-state index contributed by atoms with van der Waals surface area (Å²) in [6, 6.07) is 4.99. The van der Waals surface area contributed by atoms with Crippen molar-refractivity contribution in [3.05, 3.63) is 39.9 Å². The van der Waals surface area contributed by atoms with Crippen molar-refractivity contribution in [2.24, 2.45) is 0 Å². The molecular formula is C11H13NO6S. The molecule has 0 amide bonds. The Labute approximate surface area is 109 Å². The number of nitro benzene ring substituents is 1. The van der Waals surface area contributed by atoms with E-state index in [0.29, 0.717) is 5.56 Å². The van der Waals surface area contributed by atoms with Gasteiger partial charge in [0, 0.05) is 12.1 Å². The number of sulfone groups is 1. The van der Waals surface area contributed by atoms with Crippen molar-refractivity contribution < 1.29 is 23.2 Å². The van der Waals surface area contributed by atoms with Gasteiger partial charge in [-0.05, 0) is 12.0 Å². The van der Waals surface area contributed by atoms with Crippen LogP contribution in [0.4, 0.5) is 5.69 Å². The highest BCUT2D eigenvalue weighted by molar-refractivity contribution is 7.92. The van der Waals surface area contributed by atoms with Gasteiger partial charge < -0.3 is 5.11 Å². The number of hydrogen-bond donors (Lipinski definition) is 1. The number of aliphatic carboxylic acids is 1. The van der Waals surface area contributed by atoms with E-state index in [9.17, 15) is 23.3 Å². The van der Waals surface area contributed by atoms with Crippen LogP contribution in [0.15, 0.2) is 24.3 Å². The summed E-state index contributed by atoms with van der Waals surface area (Å²) >= 11 is 0. The Morgan fingerprint density at radius 2 is 1.89 bits per heavy atom. The molecule has 0 aliphatic heterocycles. The molecule has 0 aliphatic carbocycles. The lowest BCUT2D eigenvalue weighted by atomic mass is 10.2. The third kappa shape index (κ3) is 3.75. The molecule has 19 heavy (non-hydrogen) atoms. The topological polar surface area (TPSA) is 115 Å². The van der Waals surface area contributed by atoms with Gasteiger partial charge in [-0.15, -0.1) is 0 Å². The predicted molar refractivity (Wildman–Crippen MR) is 67.4 cm³/mol. The molecule has 0 heterocycles. The number of carboxylic acids is 1. The van der Waals surface area contributed by atoms with E-state index >= 15 is 0 Å². The normalized spacial score (nSPS) is 12.9.